The van der Waals surface area contributed by atoms with Gasteiger partial charge in [-0.15, -0.1) is 0 Å². The minimum absolute atomic E-state index is 0.358. The molecule has 2 heterocycles. The lowest BCUT2D eigenvalue weighted by atomic mass is 10.1. The molecule has 3 rings (SSSR count). The minimum atomic E-state index is -0.358. The Hall–Kier alpha value is -2.36. The minimum Gasteiger partial charge on any atom is -0.371 e. The third-order valence-corrected chi connectivity index (χ3v) is 3.78. The van der Waals surface area contributed by atoms with Crippen molar-refractivity contribution in [1.82, 2.24) is 4.98 Å². The van der Waals surface area contributed by atoms with Crippen molar-refractivity contribution >= 4 is 11.6 Å². The quantitative estimate of drug-likeness (QED) is 0.918. The van der Waals surface area contributed by atoms with Crippen LogP contribution in [0, 0.1) is 0 Å². The molecule has 1 aromatic heterocycles. The van der Waals surface area contributed by atoms with Gasteiger partial charge in [0.1, 0.15) is 0 Å². The van der Waals surface area contributed by atoms with Crippen molar-refractivity contribution in [2.75, 3.05) is 18.0 Å². The number of anilines is 1. The van der Waals surface area contributed by atoms with E-state index in [-0.39, 0.29) is 5.91 Å². The van der Waals surface area contributed by atoms with Gasteiger partial charge in [-0.05, 0) is 54.3 Å². The lowest BCUT2D eigenvalue weighted by Gasteiger charge is -2.19. The second-order valence-electron chi connectivity index (χ2n) is 5.05. The van der Waals surface area contributed by atoms with Gasteiger partial charge in [0.25, 0.3) is 0 Å². The summed E-state index contributed by atoms with van der Waals surface area (Å²) in [6, 6.07) is 9.84. The zero-order valence-corrected chi connectivity index (χ0v) is 11.2. The summed E-state index contributed by atoms with van der Waals surface area (Å²) in [5.74, 6) is -0.358. The Morgan fingerprint density at radius 1 is 1.25 bits per heavy atom. The number of amides is 1. The summed E-state index contributed by atoms with van der Waals surface area (Å²) >= 11 is 0. The lowest BCUT2D eigenvalue weighted by molar-refractivity contribution is 0.1000. The molecule has 20 heavy (non-hydrogen) atoms. The van der Waals surface area contributed by atoms with E-state index < -0.39 is 0 Å². The fourth-order valence-electron chi connectivity index (χ4n) is 2.67. The third-order valence-electron chi connectivity index (χ3n) is 3.78. The molecule has 4 heteroatoms. The van der Waals surface area contributed by atoms with E-state index in [1.807, 2.05) is 42.7 Å². The number of aromatic nitrogens is 1. The summed E-state index contributed by atoms with van der Waals surface area (Å²) in [6.07, 6.45) is 5.63. The first-order valence-corrected chi connectivity index (χ1v) is 6.80. The van der Waals surface area contributed by atoms with Crippen LogP contribution in [-0.4, -0.2) is 24.0 Å². The number of pyridine rings is 1. The second kappa shape index (κ2) is 5.33. The van der Waals surface area contributed by atoms with Crippen molar-refractivity contribution in [2.45, 2.75) is 12.8 Å². The topological polar surface area (TPSA) is 59.2 Å². The lowest BCUT2D eigenvalue weighted by Crippen LogP contribution is -2.23. The van der Waals surface area contributed by atoms with Crippen LogP contribution in [0.5, 0.6) is 0 Å². The van der Waals surface area contributed by atoms with Crippen molar-refractivity contribution in [3.05, 3.63) is 59.4 Å². The number of rotatable bonds is 4. The molecule has 1 aromatic carbocycles. The monoisotopic (exact) mass is 267 g/mol. The van der Waals surface area contributed by atoms with E-state index in [2.05, 4.69) is 9.88 Å². The largest absolute Gasteiger partial charge is 0.371 e. The molecule has 102 valence electrons. The predicted molar refractivity (Wildman–Crippen MR) is 78.8 cm³/mol. The Balaban J connectivity index is 1.72. The van der Waals surface area contributed by atoms with Gasteiger partial charge in [-0.3, -0.25) is 9.78 Å². The Labute approximate surface area is 118 Å². The number of hydrogen-bond acceptors (Lipinski definition) is 3. The normalized spacial score (nSPS) is 13.3. The van der Waals surface area contributed by atoms with Gasteiger partial charge >= 0.3 is 0 Å². The van der Waals surface area contributed by atoms with Gasteiger partial charge in [0.15, 0.2) is 0 Å². The van der Waals surface area contributed by atoms with Gasteiger partial charge in [-0.2, -0.15) is 0 Å². The number of nitrogens with zero attached hydrogens (tertiary/aromatic N) is 2. The van der Waals surface area contributed by atoms with Crippen molar-refractivity contribution in [1.29, 1.82) is 0 Å². The first-order valence-electron chi connectivity index (χ1n) is 6.80. The fourth-order valence-corrected chi connectivity index (χ4v) is 2.67. The molecule has 1 amide bonds. The summed E-state index contributed by atoms with van der Waals surface area (Å²) in [4.78, 5) is 17.6. The van der Waals surface area contributed by atoms with Crippen LogP contribution in [0.15, 0.2) is 42.7 Å². The molecule has 0 radical (unpaired) electrons. The molecule has 2 aromatic rings. The van der Waals surface area contributed by atoms with Crippen molar-refractivity contribution in [3.8, 4) is 0 Å². The average molecular weight is 267 g/mol. The van der Waals surface area contributed by atoms with Gasteiger partial charge < -0.3 is 10.6 Å². The summed E-state index contributed by atoms with van der Waals surface area (Å²) in [6.45, 7) is 1.98. The van der Waals surface area contributed by atoms with E-state index in [0.29, 0.717) is 5.56 Å². The molecule has 1 aliphatic heterocycles. The zero-order chi connectivity index (χ0) is 13.9. The molecular weight excluding hydrogens is 250 g/mol. The summed E-state index contributed by atoms with van der Waals surface area (Å²) in [5.41, 5.74) is 9.65. The Morgan fingerprint density at radius 3 is 2.80 bits per heavy atom. The maximum absolute atomic E-state index is 11.2. The van der Waals surface area contributed by atoms with E-state index in [4.69, 9.17) is 5.73 Å². The highest BCUT2D eigenvalue weighted by atomic mass is 16.1. The summed E-state index contributed by atoms with van der Waals surface area (Å²) in [7, 11) is 0. The number of nitrogens with two attached hydrogens (primary N) is 1. The van der Waals surface area contributed by atoms with E-state index in [0.717, 1.165) is 25.9 Å². The molecule has 0 atom stereocenters. The number of carbonyl (C=O) groups excluding carboxylic acids is 1. The Morgan fingerprint density at radius 2 is 2.05 bits per heavy atom. The van der Waals surface area contributed by atoms with Gasteiger partial charge in [-0.1, -0.05) is 0 Å². The Bertz CT molecular complexity index is 625. The molecule has 0 saturated heterocycles. The Kier molecular flexibility index (Phi) is 3.37. The van der Waals surface area contributed by atoms with Crippen LogP contribution in [0.2, 0.25) is 0 Å². The van der Waals surface area contributed by atoms with Crippen LogP contribution < -0.4 is 10.6 Å². The van der Waals surface area contributed by atoms with Gasteiger partial charge in [-0.25, -0.2) is 0 Å². The van der Waals surface area contributed by atoms with Crippen LogP contribution in [0.3, 0.4) is 0 Å². The van der Waals surface area contributed by atoms with Gasteiger partial charge in [0.2, 0.25) is 5.91 Å². The summed E-state index contributed by atoms with van der Waals surface area (Å²) < 4.78 is 0. The van der Waals surface area contributed by atoms with Crippen molar-refractivity contribution in [3.63, 3.8) is 0 Å². The molecule has 0 fully saturated rings. The highest BCUT2D eigenvalue weighted by Crippen LogP contribution is 2.28. The number of hydrogen-bond donors (Lipinski definition) is 1. The average Bonchev–Trinajstić information content (AvgIpc) is 2.88. The molecule has 0 saturated carbocycles. The van der Waals surface area contributed by atoms with Crippen molar-refractivity contribution in [2.24, 2.45) is 5.73 Å². The van der Waals surface area contributed by atoms with Crippen LogP contribution in [-0.2, 0) is 12.8 Å². The van der Waals surface area contributed by atoms with Crippen LogP contribution in [0.1, 0.15) is 21.5 Å². The third kappa shape index (κ3) is 2.50. The van der Waals surface area contributed by atoms with Crippen LogP contribution in [0.25, 0.3) is 0 Å². The predicted octanol–water partition coefficient (Wildman–Crippen LogP) is 1.79. The van der Waals surface area contributed by atoms with Crippen molar-refractivity contribution < 1.29 is 4.79 Å². The zero-order valence-electron chi connectivity index (χ0n) is 11.2. The SMILES string of the molecule is NC(=O)c1ccc2c(c1)CCN2CCc1ccncc1. The maximum atomic E-state index is 11.2. The molecular formula is C16H17N3O. The highest BCUT2D eigenvalue weighted by Gasteiger charge is 2.19. The van der Waals surface area contributed by atoms with E-state index in [1.54, 1.807) is 0 Å². The molecule has 0 bridgehead atoms. The van der Waals surface area contributed by atoms with Gasteiger partial charge in [0, 0.05) is 36.7 Å². The molecule has 1 aliphatic rings. The molecule has 0 spiro atoms. The first-order chi connectivity index (χ1) is 9.74. The van der Waals surface area contributed by atoms with Crippen LogP contribution >= 0.6 is 0 Å². The van der Waals surface area contributed by atoms with E-state index >= 15 is 0 Å². The van der Waals surface area contributed by atoms with E-state index in [9.17, 15) is 4.79 Å². The number of benzene rings is 1. The molecule has 2 N–H and O–H groups in total. The smallest absolute Gasteiger partial charge is 0.248 e. The molecule has 0 aliphatic carbocycles. The van der Waals surface area contributed by atoms with E-state index in [1.165, 1.54) is 16.8 Å². The fraction of sp³-hybridized carbons (Fsp3) is 0.250. The standard InChI is InChI=1S/C16H17N3O/c17-16(20)14-1-2-15-13(11-14)6-10-19(15)9-5-12-3-7-18-8-4-12/h1-4,7-8,11H,5-6,9-10H2,(H2,17,20). The van der Waals surface area contributed by atoms with Crippen LogP contribution in [0.4, 0.5) is 5.69 Å². The maximum Gasteiger partial charge on any atom is 0.248 e. The number of fused-ring (bicyclic) bond motifs is 1. The second-order valence-corrected chi connectivity index (χ2v) is 5.05. The summed E-state index contributed by atoms with van der Waals surface area (Å²) in [5, 5.41) is 0. The van der Waals surface area contributed by atoms with Gasteiger partial charge in [0.05, 0.1) is 0 Å². The first kappa shape index (κ1) is 12.7. The molecule has 0 unspecified atom stereocenters. The number of primary amides is 1. The highest BCUT2D eigenvalue weighted by molar-refractivity contribution is 5.93. The molecule has 4 nitrogen and oxygen atoms in total. The number of carbonyl (C=O) groups is 1.